The van der Waals surface area contributed by atoms with Gasteiger partial charge >= 0.3 is 5.97 Å². The predicted molar refractivity (Wildman–Crippen MR) is 75.0 cm³/mol. The maximum Gasteiger partial charge on any atom is 0.304 e. The number of benzene rings is 1. The minimum absolute atomic E-state index is 0.0324. The Morgan fingerprint density at radius 1 is 1.37 bits per heavy atom. The number of carbonyl (C=O) groups is 1. The Morgan fingerprint density at radius 2 is 2.11 bits per heavy atom. The fourth-order valence-electron chi connectivity index (χ4n) is 2.40. The quantitative estimate of drug-likeness (QED) is 0.864. The number of hydrogen-bond acceptors (Lipinski definition) is 3. The Morgan fingerprint density at radius 3 is 2.79 bits per heavy atom. The molecule has 1 heterocycles. The van der Waals surface area contributed by atoms with Crippen LogP contribution in [0.3, 0.4) is 0 Å². The maximum absolute atomic E-state index is 11.1. The van der Waals surface area contributed by atoms with E-state index in [2.05, 4.69) is 4.98 Å². The van der Waals surface area contributed by atoms with Gasteiger partial charge in [0.1, 0.15) is 0 Å². The lowest BCUT2D eigenvalue weighted by atomic mass is 9.86. The first kappa shape index (κ1) is 13.5. The van der Waals surface area contributed by atoms with Gasteiger partial charge in [0.2, 0.25) is 0 Å². The minimum atomic E-state index is -0.832. The number of hydrogen-bond donors (Lipinski definition) is 2. The summed E-state index contributed by atoms with van der Waals surface area (Å²) in [6, 6.07) is 7.68. The lowest BCUT2D eigenvalue weighted by molar-refractivity contribution is -0.137. The van der Waals surface area contributed by atoms with Gasteiger partial charge in [-0.15, -0.1) is 0 Å². The fourth-order valence-corrected chi connectivity index (χ4v) is 2.40. The van der Waals surface area contributed by atoms with Crippen molar-refractivity contribution in [3.63, 3.8) is 0 Å². The van der Waals surface area contributed by atoms with E-state index in [1.54, 1.807) is 12.4 Å². The van der Waals surface area contributed by atoms with Crippen LogP contribution >= 0.6 is 0 Å². The summed E-state index contributed by atoms with van der Waals surface area (Å²) in [6.07, 6.45) is 4.30. The summed E-state index contributed by atoms with van der Waals surface area (Å²) in [7, 11) is 0. The van der Waals surface area contributed by atoms with Gasteiger partial charge in [-0.05, 0) is 17.4 Å². The van der Waals surface area contributed by atoms with Crippen LogP contribution < -0.4 is 5.73 Å². The van der Waals surface area contributed by atoms with Crippen LogP contribution in [-0.4, -0.2) is 22.1 Å². The third-order valence-electron chi connectivity index (χ3n) is 3.48. The molecule has 2 rings (SSSR count). The van der Waals surface area contributed by atoms with Crippen LogP contribution in [0.25, 0.3) is 10.8 Å². The highest BCUT2D eigenvalue weighted by molar-refractivity contribution is 5.85. The van der Waals surface area contributed by atoms with Crippen molar-refractivity contribution in [2.24, 2.45) is 5.73 Å². The predicted octanol–water partition coefficient (Wildman–Crippen LogP) is 2.53. The van der Waals surface area contributed by atoms with Gasteiger partial charge in [-0.3, -0.25) is 9.78 Å². The van der Waals surface area contributed by atoms with E-state index in [1.165, 1.54) is 0 Å². The molecule has 0 amide bonds. The molecular formula is C15H18N2O2. The molecule has 0 bridgehead atoms. The number of aliphatic carboxylic acids is 1. The van der Waals surface area contributed by atoms with Crippen LogP contribution in [0.1, 0.15) is 31.2 Å². The molecule has 4 nitrogen and oxygen atoms in total. The van der Waals surface area contributed by atoms with Gasteiger partial charge in [-0.25, -0.2) is 0 Å². The number of carboxylic acids is 1. The van der Waals surface area contributed by atoms with Crippen LogP contribution in [0.5, 0.6) is 0 Å². The van der Waals surface area contributed by atoms with Crippen molar-refractivity contribution in [1.29, 1.82) is 0 Å². The van der Waals surface area contributed by atoms with E-state index in [0.717, 1.165) is 22.8 Å². The zero-order valence-corrected chi connectivity index (χ0v) is 10.9. The van der Waals surface area contributed by atoms with Crippen molar-refractivity contribution in [1.82, 2.24) is 4.98 Å². The maximum atomic E-state index is 11.1. The van der Waals surface area contributed by atoms with Crippen molar-refractivity contribution < 1.29 is 9.90 Å². The molecule has 0 aliphatic carbocycles. The first-order valence-corrected chi connectivity index (χ1v) is 6.43. The Hall–Kier alpha value is -1.94. The molecule has 1 aromatic heterocycles. The molecule has 0 saturated heterocycles. The number of carboxylic acid groups (broad SMARTS) is 1. The standard InChI is InChI=1S/C15H18N2O2/c1-2-14(16)12(7-15(18)19)13-9-17-8-10-5-3-4-6-11(10)13/h3-6,8-9,12,14H,2,7,16H2,1H3,(H,18,19). The van der Waals surface area contributed by atoms with Crippen molar-refractivity contribution in [3.05, 3.63) is 42.2 Å². The Labute approximate surface area is 112 Å². The van der Waals surface area contributed by atoms with Crippen molar-refractivity contribution >= 4 is 16.7 Å². The Balaban J connectivity index is 2.52. The summed E-state index contributed by atoms with van der Waals surface area (Å²) in [5.41, 5.74) is 7.02. The number of nitrogens with zero attached hydrogens (tertiary/aromatic N) is 1. The van der Waals surface area contributed by atoms with Crippen LogP contribution in [0.4, 0.5) is 0 Å². The van der Waals surface area contributed by atoms with E-state index in [0.29, 0.717) is 0 Å². The highest BCUT2D eigenvalue weighted by atomic mass is 16.4. The fraction of sp³-hybridized carbons (Fsp3) is 0.333. The number of nitrogens with two attached hydrogens (primary N) is 1. The molecule has 2 atom stereocenters. The van der Waals surface area contributed by atoms with Crippen LogP contribution in [0.15, 0.2) is 36.7 Å². The zero-order chi connectivity index (χ0) is 13.8. The normalized spacial score (nSPS) is 14.2. The van der Waals surface area contributed by atoms with E-state index in [9.17, 15) is 4.79 Å². The summed E-state index contributed by atoms with van der Waals surface area (Å²) < 4.78 is 0. The highest BCUT2D eigenvalue weighted by Crippen LogP contribution is 2.29. The van der Waals surface area contributed by atoms with Crippen LogP contribution in [0.2, 0.25) is 0 Å². The molecule has 2 aromatic rings. The third-order valence-corrected chi connectivity index (χ3v) is 3.48. The second-order valence-corrected chi connectivity index (χ2v) is 4.73. The van der Waals surface area contributed by atoms with Gasteiger partial charge in [0.25, 0.3) is 0 Å². The van der Waals surface area contributed by atoms with E-state index in [1.807, 2.05) is 31.2 Å². The number of pyridine rings is 1. The SMILES string of the molecule is CCC(N)C(CC(=O)O)c1cncc2ccccc12. The van der Waals surface area contributed by atoms with Gasteiger partial charge < -0.3 is 10.8 Å². The Bertz CT molecular complexity index is 578. The van der Waals surface area contributed by atoms with Gasteiger partial charge in [-0.1, -0.05) is 31.2 Å². The summed E-state index contributed by atoms with van der Waals surface area (Å²) in [4.78, 5) is 15.3. The van der Waals surface area contributed by atoms with Gasteiger partial charge in [0.15, 0.2) is 0 Å². The van der Waals surface area contributed by atoms with E-state index in [-0.39, 0.29) is 18.4 Å². The van der Waals surface area contributed by atoms with Gasteiger partial charge in [0.05, 0.1) is 6.42 Å². The number of fused-ring (bicyclic) bond motifs is 1. The molecule has 19 heavy (non-hydrogen) atoms. The summed E-state index contributed by atoms with van der Waals surface area (Å²) in [5.74, 6) is -1.04. The van der Waals surface area contributed by atoms with Crippen LogP contribution in [0, 0.1) is 0 Å². The molecule has 0 saturated carbocycles. The van der Waals surface area contributed by atoms with E-state index >= 15 is 0 Å². The number of aromatic nitrogens is 1. The molecule has 2 unspecified atom stereocenters. The summed E-state index contributed by atoms with van der Waals surface area (Å²) in [6.45, 7) is 1.97. The smallest absolute Gasteiger partial charge is 0.304 e. The lowest BCUT2D eigenvalue weighted by Gasteiger charge is -2.22. The first-order valence-electron chi connectivity index (χ1n) is 6.43. The molecule has 0 aliphatic rings. The molecular weight excluding hydrogens is 240 g/mol. The average Bonchev–Trinajstić information content (AvgIpc) is 2.43. The third kappa shape index (κ3) is 2.90. The molecule has 0 fully saturated rings. The molecule has 0 spiro atoms. The second-order valence-electron chi connectivity index (χ2n) is 4.73. The zero-order valence-electron chi connectivity index (χ0n) is 10.9. The average molecular weight is 258 g/mol. The van der Waals surface area contributed by atoms with Crippen molar-refractivity contribution in [3.8, 4) is 0 Å². The second kappa shape index (κ2) is 5.80. The molecule has 3 N–H and O–H groups in total. The van der Waals surface area contributed by atoms with Crippen molar-refractivity contribution in [2.45, 2.75) is 31.7 Å². The monoisotopic (exact) mass is 258 g/mol. The van der Waals surface area contributed by atoms with E-state index < -0.39 is 5.97 Å². The van der Waals surface area contributed by atoms with Gasteiger partial charge in [-0.2, -0.15) is 0 Å². The van der Waals surface area contributed by atoms with Crippen LogP contribution in [-0.2, 0) is 4.79 Å². The minimum Gasteiger partial charge on any atom is -0.481 e. The lowest BCUT2D eigenvalue weighted by Crippen LogP contribution is -2.29. The molecule has 4 heteroatoms. The summed E-state index contributed by atoms with van der Waals surface area (Å²) in [5, 5.41) is 11.1. The molecule has 100 valence electrons. The van der Waals surface area contributed by atoms with Gasteiger partial charge in [0, 0.05) is 29.7 Å². The number of rotatable bonds is 5. The largest absolute Gasteiger partial charge is 0.481 e. The summed E-state index contributed by atoms with van der Waals surface area (Å²) >= 11 is 0. The topological polar surface area (TPSA) is 76.2 Å². The molecule has 0 radical (unpaired) electrons. The molecule has 1 aromatic carbocycles. The first-order chi connectivity index (χ1) is 9.13. The van der Waals surface area contributed by atoms with E-state index in [4.69, 9.17) is 10.8 Å². The molecule has 0 aliphatic heterocycles. The highest BCUT2D eigenvalue weighted by Gasteiger charge is 2.23. The Kier molecular flexibility index (Phi) is 4.12. The van der Waals surface area contributed by atoms with Crippen molar-refractivity contribution in [2.75, 3.05) is 0 Å².